The second-order valence-electron chi connectivity index (χ2n) is 5.75. The van der Waals surface area contributed by atoms with E-state index in [1.54, 1.807) is 0 Å². The van der Waals surface area contributed by atoms with Crippen LogP contribution < -0.4 is 0 Å². The first-order chi connectivity index (χ1) is 8.36. The van der Waals surface area contributed by atoms with Gasteiger partial charge in [-0.05, 0) is 18.6 Å². The highest BCUT2D eigenvalue weighted by Crippen LogP contribution is 2.24. The fraction of sp³-hybridized carbons (Fsp3) is 0.400. The van der Waals surface area contributed by atoms with Crippen LogP contribution in [0.3, 0.4) is 0 Å². The normalized spacial score (nSPS) is 11.8. The molecule has 96 valence electrons. The highest BCUT2D eigenvalue weighted by atomic mass is 35.5. The number of hydrogen-bond donors (Lipinski definition) is 0. The fourth-order valence-electron chi connectivity index (χ4n) is 1.85. The molecule has 0 unspecified atom stereocenters. The predicted molar refractivity (Wildman–Crippen MR) is 76.2 cm³/mol. The average Bonchev–Trinajstić information content (AvgIpc) is 2.60. The summed E-state index contributed by atoms with van der Waals surface area (Å²) in [5.74, 6) is 0. The molecule has 1 aromatic heterocycles. The molecule has 0 atom stereocenters. The molecule has 1 heterocycles. The van der Waals surface area contributed by atoms with E-state index < -0.39 is 0 Å². The summed E-state index contributed by atoms with van der Waals surface area (Å²) in [6, 6.07) is 10.4. The lowest BCUT2D eigenvalue weighted by Gasteiger charge is -2.14. The molecule has 0 saturated carbocycles. The van der Waals surface area contributed by atoms with Crippen molar-refractivity contribution in [1.82, 2.24) is 9.78 Å². The first-order valence-corrected chi connectivity index (χ1v) is 6.53. The lowest BCUT2D eigenvalue weighted by molar-refractivity contribution is 0.545. The van der Waals surface area contributed by atoms with Gasteiger partial charge in [0.25, 0.3) is 0 Å². The summed E-state index contributed by atoms with van der Waals surface area (Å²) >= 11 is 6.24. The van der Waals surface area contributed by atoms with Crippen molar-refractivity contribution >= 4 is 11.6 Å². The van der Waals surface area contributed by atoms with Gasteiger partial charge in [0.15, 0.2) is 0 Å². The maximum atomic E-state index is 6.24. The number of hydrogen-bond acceptors (Lipinski definition) is 1. The van der Waals surface area contributed by atoms with E-state index in [1.165, 1.54) is 11.1 Å². The van der Waals surface area contributed by atoms with Crippen LogP contribution in [0.5, 0.6) is 0 Å². The van der Waals surface area contributed by atoms with E-state index in [0.29, 0.717) is 5.15 Å². The second kappa shape index (κ2) is 4.77. The monoisotopic (exact) mass is 262 g/mol. The van der Waals surface area contributed by atoms with Gasteiger partial charge in [-0.15, -0.1) is 0 Å². The van der Waals surface area contributed by atoms with Crippen LogP contribution in [-0.4, -0.2) is 9.78 Å². The number of aryl methyl sites for hydroxylation is 1. The third-order valence-corrected chi connectivity index (χ3v) is 3.22. The largest absolute Gasteiger partial charge is 0.249 e. The predicted octanol–water partition coefficient (Wildman–Crippen LogP) is 4.19. The van der Waals surface area contributed by atoms with E-state index in [2.05, 4.69) is 57.1 Å². The van der Waals surface area contributed by atoms with Crippen molar-refractivity contribution in [2.45, 2.75) is 39.7 Å². The van der Waals surface area contributed by atoms with Gasteiger partial charge in [-0.2, -0.15) is 5.10 Å². The van der Waals surface area contributed by atoms with Crippen molar-refractivity contribution in [3.05, 3.63) is 52.3 Å². The summed E-state index contributed by atoms with van der Waals surface area (Å²) in [6.45, 7) is 9.24. The van der Waals surface area contributed by atoms with E-state index in [9.17, 15) is 0 Å². The van der Waals surface area contributed by atoms with Crippen LogP contribution in [0, 0.1) is 6.92 Å². The Bertz CT molecular complexity index is 550. The highest BCUT2D eigenvalue weighted by molar-refractivity contribution is 6.29. The van der Waals surface area contributed by atoms with Crippen LogP contribution >= 0.6 is 11.6 Å². The fourth-order valence-corrected chi connectivity index (χ4v) is 2.06. The first-order valence-electron chi connectivity index (χ1n) is 6.15. The van der Waals surface area contributed by atoms with E-state index in [-0.39, 0.29) is 5.41 Å². The molecule has 0 saturated heterocycles. The molecule has 0 aliphatic rings. The summed E-state index contributed by atoms with van der Waals surface area (Å²) in [5, 5.41) is 5.29. The Morgan fingerprint density at radius 1 is 1.22 bits per heavy atom. The zero-order chi connectivity index (χ0) is 13.3. The molecule has 0 N–H and O–H groups in total. The third-order valence-electron chi connectivity index (χ3n) is 2.91. The van der Waals surface area contributed by atoms with E-state index >= 15 is 0 Å². The Balaban J connectivity index is 2.27. The lowest BCUT2D eigenvalue weighted by atomic mass is 9.93. The third kappa shape index (κ3) is 2.94. The molecule has 18 heavy (non-hydrogen) atoms. The van der Waals surface area contributed by atoms with Gasteiger partial charge in [-0.3, -0.25) is 0 Å². The van der Waals surface area contributed by atoms with Crippen molar-refractivity contribution in [2.75, 3.05) is 0 Å². The standard InChI is InChI=1S/C15H19ClN2/c1-11-6-5-7-12(8-11)10-18-14(16)9-13(17-18)15(2,3)4/h5-9H,10H2,1-4H3. The lowest BCUT2D eigenvalue weighted by Crippen LogP contribution is -2.13. The minimum Gasteiger partial charge on any atom is -0.249 e. The first kappa shape index (κ1) is 13.2. The van der Waals surface area contributed by atoms with Crippen LogP contribution in [-0.2, 0) is 12.0 Å². The van der Waals surface area contributed by atoms with E-state index in [1.807, 2.05) is 10.7 Å². The molecule has 3 heteroatoms. The van der Waals surface area contributed by atoms with Crippen molar-refractivity contribution in [2.24, 2.45) is 0 Å². The molecular weight excluding hydrogens is 244 g/mol. The Morgan fingerprint density at radius 3 is 2.50 bits per heavy atom. The molecule has 0 bridgehead atoms. The number of halogens is 1. The molecule has 0 aliphatic carbocycles. The van der Waals surface area contributed by atoms with Crippen molar-refractivity contribution in [3.8, 4) is 0 Å². The molecule has 2 rings (SSSR count). The van der Waals surface area contributed by atoms with E-state index in [0.717, 1.165) is 12.2 Å². The molecule has 0 fully saturated rings. The van der Waals surface area contributed by atoms with Crippen LogP contribution in [0.25, 0.3) is 0 Å². The van der Waals surface area contributed by atoms with E-state index in [4.69, 9.17) is 11.6 Å². The molecule has 0 radical (unpaired) electrons. The van der Waals surface area contributed by atoms with Crippen molar-refractivity contribution in [3.63, 3.8) is 0 Å². The topological polar surface area (TPSA) is 17.8 Å². The van der Waals surface area contributed by atoms with Gasteiger partial charge < -0.3 is 0 Å². The summed E-state index contributed by atoms with van der Waals surface area (Å²) in [6.07, 6.45) is 0. The van der Waals surface area contributed by atoms with Crippen molar-refractivity contribution in [1.29, 1.82) is 0 Å². The van der Waals surface area contributed by atoms with Crippen LogP contribution in [0.2, 0.25) is 5.15 Å². The molecule has 0 spiro atoms. The maximum absolute atomic E-state index is 6.24. The molecule has 1 aromatic carbocycles. The number of nitrogens with zero attached hydrogens (tertiary/aromatic N) is 2. The quantitative estimate of drug-likeness (QED) is 0.794. The van der Waals surface area contributed by atoms with Crippen LogP contribution in [0.1, 0.15) is 37.6 Å². The Labute approximate surface area is 114 Å². The summed E-state index contributed by atoms with van der Waals surface area (Å²) < 4.78 is 1.86. The van der Waals surface area contributed by atoms with Crippen LogP contribution in [0.4, 0.5) is 0 Å². The van der Waals surface area contributed by atoms with Gasteiger partial charge in [0.2, 0.25) is 0 Å². The number of benzene rings is 1. The van der Waals surface area contributed by atoms with Crippen molar-refractivity contribution < 1.29 is 0 Å². The van der Waals surface area contributed by atoms with Gasteiger partial charge in [0.1, 0.15) is 5.15 Å². The zero-order valence-corrected chi connectivity index (χ0v) is 12.1. The summed E-state index contributed by atoms with van der Waals surface area (Å²) in [7, 11) is 0. The molecule has 0 amide bonds. The van der Waals surface area contributed by atoms with Gasteiger partial charge in [-0.25, -0.2) is 4.68 Å². The minimum absolute atomic E-state index is 0.0293. The zero-order valence-electron chi connectivity index (χ0n) is 11.4. The highest BCUT2D eigenvalue weighted by Gasteiger charge is 2.19. The molecule has 0 aliphatic heterocycles. The van der Waals surface area contributed by atoms with Gasteiger partial charge >= 0.3 is 0 Å². The summed E-state index contributed by atoms with van der Waals surface area (Å²) in [5.41, 5.74) is 3.54. The van der Waals surface area contributed by atoms with Gasteiger partial charge in [0, 0.05) is 5.41 Å². The van der Waals surface area contributed by atoms with Gasteiger partial charge in [0.05, 0.1) is 12.2 Å². The molecular formula is C15H19ClN2. The Kier molecular flexibility index (Phi) is 3.49. The Hall–Kier alpha value is -1.28. The number of rotatable bonds is 2. The average molecular weight is 263 g/mol. The van der Waals surface area contributed by atoms with Crippen LogP contribution in [0.15, 0.2) is 30.3 Å². The summed E-state index contributed by atoms with van der Waals surface area (Å²) in [4.78, 5) is 0. The Morgan fingerprint density at radius 2 is 1.94 bits per heavy atom. The molecule has 2 aromatic rings. The number of aromatic nitrogens is 2. The smallest absolute Gasteiger partial charge is 0.127 e. The SMILES string of the molecule is Cc1cccc(Cn2nc(C(C)(C)C)cc2Cl)c1. The minimum atomic E-state index is 0.0293. The van der Waals surface area contributed by atoms with Gasteiger partial charge in [-0.1, -0.05) is 62.2 Å². The second-order valence-corrected chi connectivity index (χ2v) is 6.14. The molecule has 2 nitrogen and oxygen atoms in total. The maximum Gasteiger partial charge on any atom is 0.127 e.